The molecular weight excluding hydrogens is 342 g/mol. The lowest BCUT2D eigenvalue weighted by molar-refractivity contribution is -0.385. The molecule has 0 fully saturated rings. The van der Waals surface area contributed by atoms with E-state index in [-0.39, 0.29) is 11.4 Å². The van der Waals surface area contributed by atoms with Crippen LogP contribution in [0.4, 0.5) is 5.69 Å². The lowest BCUT2D eigenvalue weighted by Gasteiger charge is -2.06. The number of carboxylic acids is 1. The monoisotopic (exact) mass is 351 g/mol. The van der Waals surface area contributed by atoms with Gasteiger partial charge in [-0.05, 0) is 47.3 Å². The molecule has 1 aliphatic carbocycles. The molecule has 0 bridgehead atoms. The van der Waals surface area contributed by atoms with Crippen molar-refractivity contribution in [3.8, 4) is 5.69 Å². The van der Waals surface area contributed by atoms with Gasteiger partial charge in [0, 0.05) is 17.3 Å². The third kappa shape index (κ3) is 2.21. The fraction of sp³-hybridized carbons (Fsp3) is 0.231. The Labute approximate surface area is 127 Å². The Balaban J connectivity index is 2.18. The van der Waals surface area contributed by atoms with Gasteiger partial charge in [0.1, 0.15) is 0 Å². The van der Waals surface area contributed by atoms with Crippen molar-refractivity contribution in [3.05, 3.63) is 49.7 Å². The number of nitro benzene ring substituents is 1. The highest BCUT2D eigenvalue weighted by molar-refractivity contribution is 9.10. The van der Waals surface area contributed by atoms with E-state index in [1.54, 1.807) is 12.1 Å². The highest BCUT2D eigenvalue weighted by Gasteiger charge is 2.27. The molecular formula is C13H10BrN3O4. The van der Waals surface area contributed by atoms with Crippen molar-refractivity contribution in [1.29, 1.82) is 0 Å². The second-order valence-electron chi connectivity index (χ2n) is 4.74. The van der Waals surface area contributed by atoms with E-state index in [4.69, 9.17) is 0 Å². The van der Waals surface area contributed by atoms with Crippen LogP contribution < -0.4 is 0 Å². The number of benzene rings is 1. The van der Waals surface area contributed by atoms with E-state index in [9.17, 15) is 20.0 Å². The summed E-state index contributed by atoms with van der Waals surface area (Å²) in [6.45, 7) is 0. The van der Waals surface area contributed by atoms with Crippen LogP contribution in [0.3, 0.4) is 0 Å². The maximum absolute atomic E-state index is 11.2. The van der Waals surface area contributed by atoms with Gasteiger partial charge in [0.2, 0.25) is 0 Å². The van der Waals surface area contributed by atoms with Crippen molar-refractivity contribution < 1.29 is 14.8 Å². The lowest BCUT2D eigenvalue weighted by Crippen LogP contribution is -2.05. The third-order valence-electron chi connectivity index (χ3n) is 3.50. The van der Waals surface area contributed by atoms with E-state index >= 15 is 0 Å². The van der Waals surface area contributed by atoms with E-state index in [0.29, 0.717) is 16.6 Å². The zero-order valence-corrected chi connectivity index (χ0v) is 12.3. The Kier molecular flexibility index (Phi) is 3.25. The number of fused-ring (bicyclic) bond motifs is 1. The summed E-state index contributed by atoms with van der Waals surface area (Å²) in [6.07, 6.45) is 2.27. The normalized spacial score (nSPS) is 13.2. The van der Waals surface area contributed by atoms with Crippen molar-refractivity contribution >= 4 is 27.6 Å². The summed E-state index contributed by atoms with van der Waals surface area (Å²) in [7, 11) is 0. The lowest BCUT2D eigenvalue weighted by atomic mass is 10.2. The number of carbonyl (C=O) groups is 1. The molecule has 3 rings (SSSR count). The molecule has 0 radical (unpaired) electrons. The molecule has 1 heterocycles. The summed E-state index contributed by atoms with van der Waals surface area (Å²) in [5.74, 6) is -1.07. The Morgan fingerprint density at radius 1 is 1.43 bits per heavy atom. The summed E-state index contributed by atoms with van der Waals surface area (Å²) >= 11 is 3.13. The molecule has 0 saturated heterocycles. The van der Waals surface area contributed by atoms with Crippen LogP contribution in [-0.4, -0.2) is 25.8 Å². The number of nitro groups is 1. The largest absolute Gasteiger partial charge is 0.476 e. The van der Waals surface area contributed by atoms with Crippen molar-refractivity contribution in [2.45, 2.75) is 19.3 Å². The standard InChI is InChI=1S/C13H10BrN3O4/c14-9-5-4-7(6-11(9)17(20)21)16-10-3-1-2-8(10)12(15-16)13(18)19/h4-6H,1-3H2,(H,18,19). The van der Waals surface area contributed by atoms with E-state index in [1.807, 2.05) is 0 Å². The first-order valence-corrected chi connectivity index (χ1v) is 7.06. The van der Waals surface area contributed by atoms with Gasteiger partial charge in [-0.1, -0.05) is 0 Å². The first kappa shape index (κ1) is 13.7. The quantitative estimate of drug-likeness (QED) is 0.677. The first-order chi connectivity index (χ1) is 9.99. The van der Waals surface area contributed by atoms with Crippen LogP contribution in [0, 0.1) is 10.1 Å². The van der Waals surface area contributed by atoms with Crippen LogP contribution in [0.2, 0.25) is 0 Å². The molecule has 0 saturated carbocycles. The average molecular weight is 352 g/mol. The zero-order valence-electron chi connectivity index (χ0n) is 10.7. The molecule has 7 nitrogen and oxygen atoms in total. The number of nitrogens with zero attached hydrogens (tertiary/aromatic N) is 3. The molecule has 8 heteroatoms. The smallest absolute Gasteiger partial charge is 0.356 e. The number of hydrogen-bond donors (Lipinski definition) is 1. The minimum absolute atomic E-state index is 0.0353. The predicted octanol–water partition coefficient (Wildman–Crippen LogP) is 2.73. The van der Waals surface area contributed by atoms with Gasteiger partial charge in [0.25, 0.3) is 5.69 Å². The topological polar surface area (TPSA) is 98.3 Å². The Bertz CT molecular complexity index is 769. The molecule has 0 amide bonds. The highest BCUT2D eigenvalue weighted by atomic mass is 79.9. The maximum Gasteiger partial charge on any atom is 0.356 e. The van der Waals surface area contributed by atoms with Crippen molar-refractivity contribution in [3.63, 3.8) is 0 Å². The van der Waals surface area contributed by atoms with Crippen molar-refractivity contribution in [2.24, 2.45) is 0 Å². The number of aromatic nitrogens is 2. The number of hydrogen-bond acceptors (Lipinski definition) is 4. The summed E-state index contributed by atoms with van der Waals surface area (Å²) in [6, 6.07) is 4.63. The number of aromatic carboxylic acids is 1. The Morgan fingerprint density at radius 2 is 2.19 bits per heavy atom. The molecule has 108 valence electrons. The van der Waals surface area contributed by atoms with Gasteiger partial charge < -0.3 is 5.11 Å². The fourth-order valence-corrected chi connectivity index (χ4v) is 2.99. The van der Waals surface area contributed by atoms with Crippen LogP contribution in [0.25, 0.3) is 5.69 Å². The van der Waals surface area contributed by atoms with E-state index < -0.39 is 10.9 Å². The minimum atomic E-state index is -1.07. The minimum Gasteiger partial charge on any atom is -0.476 e. The van der Waals surface area contributed by atoms with Crippen LogP contribution in [0.1, 0.15) is 28.2 Å². The number of carboxylic acid groups (broad SMARTS) is 1. The first-order valence-electron chi connectivity index (χ1n) is 6.27. The molecule has 1 aliphatic rings. The van der Waals surface area contributed by atoms with Crippen LogP contribution in [0.15, 0.2) is 22.7 Å². The second kappa shape index (κ2) is 4.96. The number of halogens is 1. The van der Waals surface area contributed by atoms with Gasteiger partial charge in [-0.2, -0.15) is 5.10 Å². The zero-order chi connectivity index (χ0) is 15.1. The van der Waals surface area contributed by atoms with Crippen LogP contribution in [0.5, 0.6) is 0 Å². The van der Waals surface area contributed by atoms with E-state index in [0.717, 1.165) is 24.1 Å². The molecule has 1 N–H and O–H groups in total. The van der Waals surface area contributed by atoms with Gasteiger partial charge in [-0.25, -0.2) is 9.48 Å². The summed E-state index contributed by atoms with van der Waals surface area (Å²) in [5, 5.41) is 24.3. The molecule has 0 spiro atoms. The highest BCUT2D eigenvalue weighted by Crippen LogP contribution is 2.31. The Hall–Kier alpha value is -2.22. The van der Waals surface area contributed by atoms with Crippen LogP contribution in [-0.2, 0) is 12.8 Å². The van der Waals surface area contributed by atoms with Crippen molar-refractivity contribution in [2.75, 3.05) is 0 Å². The van der Waals surface area contributed by atoms with Gasteiger partial charge in [0.05, 0.1) is 15.1 Å². The van der Waals surface area contributed by atoms with Crippen LogP contribution >= 0.6 is 15.9 Å². The molecule has 0 unspecified atom stereocenters. The summed E-state index contributed by atoms with van der Waals surface area (Å²) in [4.78, 5) is 21.8. The van der Waals surface area contributed by atoms with E-state index in [1.165, 1.54) is 10.7 Å². The molecule has 0 atom stereocenters. The average Bonchev–Trinajstić information content (AvgIpc) is 3.00. The van der Waals surface area contributed by atoms with Gasteiger partial charge in [-0.3, -0.25) is 10.1 Å². The Morgan fingerprint density at radius 3 is 2.86 bits per heavy atom. The maximum atomic E-state index is 11.2. The van der Waals surface area contributed by atoms with Gasteiger partial charge >= 0.3 is 5.97 Å². The molecule has 0 aliphatic heterocycles. The molecule has 2 aromatic rings. The summed E-state index contributed by atoms with van der Waals surface area (Å²) < 4.78 is 1.88. The SMILES string of the molecule is O=C(O)c1nn(-c2ccc(Br)c([N+](=O)[O-])c2)c2c1CCC2. The fourth-order valence-electron chi connectivity index (χ4n) is 2.60. The van der Waals surface area contributed by atoms with E-state index in [2.05, 4.69) is 21.0 Å². The molecule has 1 aromatic heterocycles. The third-order valence-corrected chi connectivity index (χ3v) is 4.17. The second-order valence-corrected chi connectivity index (χ2v) is 5.59. The number of rotatable bonds is 3. The van der Waals surface area contributed by atoms with Gasteiger partial charge in [-0.15, -0.1) is 0 Å². The molecule has 21 heavy (non-hydrogen) atoms. The van der Waals surface area contributed by atoms with Crippen molar-refractivity contribution in [1.82, 2.24) is 9.78 Å². The molecule has 1 aromatic carbocycles. The predicted molar refractivity (Wildman–Crippen MR) is 76.9 cm³/mol. The summed E-state index contributed by atoms with van der Waals surface area (Å²) in [5.41, 5.74) is 2.01. The van der Waals surface area contributed by atoms with Gasteiger partial charge in [0.15, 0.2) is 5.69 Å².